The maximum absolute atomic E-state index is 8.46. The van der Waals surface area contributed by atoms with Gasteiger partial charge in [0.05, 0.1) is 6.07 Å². The Hall–Kier alpha value is -1.86. The Labute approximate surface area is 101 Å². The van der Waals surface area contributed by atoms with Crippen LogP contribution in [0.1, 0.15) is 16.7 Å². The van der Waals surface area contributed by atoms with Gasteiger partial charge in [-0.25, -0.2) is 0 Å². The van der Waals surface area contributed by atoms with Crippen LogP contribution in [0.3, 0.4) is 0 Å². The van der Waals surface area contributed by atoms with Gasteiger partial charge in [0.15, 0.2) is 5.11 Å². The molecule has 0 atom stereocenters. The van der Waals surface area contributed by atoms with Gasteiger partial charge in [-0.3, -0.25) is 0 Å². The maximum atomic E-state index is 8.46. The number of hydrogen-bond donors (Lipinski definition) is 2. The third kappa shape index (κ3) is 3.07. The third-order valence-electron chi connectivity index (χ3n) is 2.15. The molecule has 16 heavy (non-hydrogen) atoms. The average Bonchev–Trinajstić information content (AvgIpc) is 2.20. The number of nitrogens with zero attached hydrogens (tertiary/aromatic N) is 1. The quantitative estimate of drug-likeness (QED) is 0.606. The minimum Gasteiger partial charge on any atom is -0.376 e. The molecule has 4 heteroatoms. The lowest BCUT2D eigenvalue weighted by molar-refractivity contribution is 1.36. The van der Waals surface area contributed by atoms with Crippen LogP contribution in [0.5, 0.6) is 0 Å². The first-order chi connectivity index (χ1) is 7.54. The Balaban J connectivity index is 3.13. The molecule has 3 N–H and O–H groups in total. The van der Waals surface area contributed by atoms with Gasteiger partial charge in [-0.1, -0.05) is 0 Å². The summed E-state index contributed by atoms with van der Waals surface area (Å²) in [5.74, 6) is 0. The van der Waals surface area contributed by atoms with Crippen LogP contribution in [0.4, 0.5) is 5.69 Å². The summed E-state index contributed by atoms with van der Waals surface area (Å²) in [6, 6.07) is 5.91. The molecular weight excluding hydrogens is 218 g/mol. The molecule has 1 aromatic carbocycles. The van der Waals surface area contributed by atoms with Crippen LogP contribution in [0, 0.1) is 25.2 Å². The number of thiocarbonyl (C=S) groups is 1. The van der Waals surface area contributed by atoms with Crippen LogP contribution < -0.4 is 11.1 Å². The number of nitriles is 1. The van der Waals surface area contributed by atoms with E-state index in [9.17, 15) is 0 Å². The van der Waals surface area contributed by atoms with Crippen molar-refractivity contribution >= 4 is 29.1 Å². The summed E-state index contributed by atoms with van der Waals surface area (Å²) in [5, 5.41) is 11.7. The Kier molecular flexibility index (Phi) is 4.03. The molecule has 0 amide bonds. The summed E-state index contributed by atoms with van der Waals surface area (Å²) in [4.78, 5) is 0. The number of nitrogens with two attached hydrogens (primary N) is 1. The molecule has 0 aliphatic heterocycles. The highest BCUT2D eigenvalue weighted by Crippen LogP contribution is 2.22. The van der Waals surface area contributed by atoms with Crippen molar-refractivity contribution in [2.45, 2.75) is 13.8 Å². The van der Waals surface area contributed by atoms with Crippen molar-refractivity contribution in [2.75, 3.05) is 5.32 Å². The second-order valence-corrected chi connectivity index (χ2v) is 3.92. The van der Waals surface area contributed by atoms with Gasteiger partial charge in [-0.05, 0) is 61.0 Å². The zero-order valence-electron chi connectivity index (χ0n) is 9.24. The molecule has 0 heterocycles. The van der Waals surface area contributed by atoms with Crippen LogP contribution in [-0.2, 0) is 0 Å². The van der Waals surface area contributed by atoms with Gasteiger partial charge in [-0.15, -0.1) is 0 Å². The van der Waals surface area contributed by atoms with E-state index < -0.39 is 0 Å². The number of hydrogen-bond acceptors (Lipinski definition) is 2. The van der Waals surface area contributed by atoms with E-state index in [4.69, 9.17) is 23.2 Å². The molecule has 1 aromatic rings. The summed E-state index contributed by atoms with van der Waals surface area (Å²) in [6.07, 6.45) is 3.22. The Morgan fingerprint density at radius 2 is 2.00 bits per heavy atom. The normalized spacial score (nSPS) is 10.1. The van der Waals surface area contributed by atoms with Crippen molar-refractivity contribution in [3.63, 3.8) is 0 Å². The summed E-state index contributed by atoms with van der Waals surface area (Å²) in [7, 11) is 0. The van der Waals surface area contributed by atoms with Gasteiger partial charge >= 0.3 is 0 Å². The SMILES string of the molecule is Cc1cc(C=CC#N)cc(C)c1NC(N)=S. The lowest BCUT2D eigenvalue weighted by Crippen LogP contribution is -2.20. The van der Waals surface area contributed by atoms with E-state index in [1.54, 1.807) is 6.08 Å². The molecule has 0 aromatic heterocycles. The molecule has 0 aliphatic carbocycles. The predicted molar refractivity (Wildman–Crippen MR) is 71.0 cm³/mol. The van der Waals surface area contributed by atoms with Crippen molar-refractivity contribution in [1.82, 2.24) is 0 Å². The zero-order valence-corrected chi connectivity index (χ0v) is 10.1. The van der Waals surface area contributed by atoms with Crippen LogP contribution in [-0.4, -0.2) is 5.11 Å². The van der Waals surface area contributed by atoms with E-state index in [0.717, 1.165) is 22.4 Å². The number of anilines is 1. The summed E-state index contributed by atoms with van der Waals surface area (Å²) >= 11 is 4.81. The molecule has 0 fully saturated rings. The topological polar surface area (TPSA) is 61.8 Å². The lowest BCUT2D eigenvalue weighted by Gasteiger charge is -2.12. The Morgan fingerprint density at radius 3 is 2.44 bits per heavy atom. The van der Waals surface area contributed by atoms with Crippen molar-refractivity contribution in [3.05, 3.63) is 34.9 Å². The van der Waals surface area contributed by atoms with Gasteiger partial charge < -0.3 is 11.1 Å². The third-order valence-corrected chi connectivity index (χ3v) is 2.26. The fourth-order valence-electron chi connectivity index (χ4n) is 1.55. The number of benzene rings is 1. The monoisotopic (exact) mass is 231 g/mol. The smallest absolute Gasteiger partial charge is 0.168 e. The molecule has 82 valence electrons. The number of nitrogens with one attached hydrogen (secondary N) is 1. The predicted octanol–water partition coefficient (Wildman–Crippen LogP) is 2.50. The fraction of sp³-hybridized carbons (Fsp3) is 0.167. The molecule has 0 saturated heterocycles. The van der Waals surface area contributed by atoms with Gasteiger partial charge in [0, 0.05) is 11.8 Å². The van der Waals surface area contributed by atoms with Crippen molar-refractivity contribution in [1.29, 1.82) is 5.26 Å². The van der Waals surface area contributed by atoms with Gasteiger partial charge in [-0.2, -0.15) is 5.26 Å². The highest BCUT2D eigenvalue weighted by atomic mass is 32.1. The van der Waals surface area contributed by atoms with Gasteiger partial charge in [0.25, 0.3) is 0 Å². The van der Waals surface area contributed by atoms with Crippen LogP contribution in [0.25, 0.3) is 6.08 Å². The standard InChI is InChI=1S/C12H13N3S/c1-8-6-10(4-3-5-13)7-9(2)11(8)15-12(14)16/h3-4,6-7H,1-2H3,(H3,14,15,16). The minimum atomic E-state index is 0.256. The maximum Gasteiger partial charge on any atom is 0.168 e. The van der Waals surface area contributed by atoms with E-state index in [0.29, 0.717) is 0 Å². The van der Waals surface area contributed by atoms with Crippen LogP contribution in [0.2, 0.25) is 0 Å². The summed E-state index contributed by atoms with van der Waals surface area (Å²) in [6.45, 7) is 3.94. The average molecular weight is 231 g/mol. The highest BCUT2D eigenvalue weighted by Gasteiger charge is 2.04. The van der Waals surface area contributed by atoms with E-state index in [2.05, 4.69) is 5.32 Å². The summed E-state index contributed by atoms with van der Waals surface area (Å²) in [5.41, 5.74) is 9.46. The van der Waals surface area contributed by atoms with Crippen molar-refractivity contribution in [2.24, 2.45) is 5.73 Å². The second-order valence-electron chi connectivity index (χ2n) is 3.48. The van der Waals surface area contributed by atoms with Crippen LogP contribution >= 0.6 is 12.2 Å². The Bertz CT molecular complexity index is 461. The molecule has 0 bridgehead atoms. The first-order valence-electron chi connectivity index (χ1n) is 4.78. The first-order valence-corrected chi connectivity index (χ1v) is 5.19. The Morgan fingerprint density at radius 1 is 1.44 bits per heavy atom. The summed E-state index contributed by atoms with van der Waals surface area (Å²) < 4.78 is 0. The molecule has 0 saturated carbocycles. The highest BCUT2D eigenvalue weighted by molar-refractivity contribution is 7.80. The molecule has 1 rings (SSSR count). The van der Waals surface area contributed by atoms with Crippen molar-refractivity contribution in [3.8, 4) is 6.07 Å². The fourth-order valence-corrected chi connectivity index (χ4v) is 1.65. The van der Waals surface area contributed by atoms with Gasteiger partial charge in [0.2, 0.25) is 0 Å². The van der Waals surface area contributed by atoms with Gasteiger partial charge in [0.1, 0.15) is 0 Å². The second kappa shape index (κ2) is 5.29. The molecule has 0 unspecified atom stereocenters. The molecular formula is C12H13N3S. The number of rotatable bonds is 2. The van der Waals surface area contributed by atoms with E-state index in [1.807, 2.05) is 32.0 Å². The zero-order chi connectivity index (χ0) is 12.1. The lowest BCUT2D eigenvalue weighted by atomic mass is 10.0. The van der Waals surface area contributed by atoms with Crippen LogP contribution in [0.15, 0.2) is 18.2 Å². The molecule has 3 nitrogen and oxygen atoms in total. The minimum absolute atomic E-state index is 0.256. The van der Waals surface area contributed by atoms with Crippen molar-refractivity contribution < 1.29 is 0 Å². The first kappa shape index (κ1) is 12.2. The van der Waals surface area contributed by atoms with E-state index in [1.165, 1.54) is 6.08 Å². The van der Waals surface area contributed by atoms with E-state index >= 15 is 0 Å². The number of aryl methyl sites for hydroxylation is 2. The van der Waals surface area contributed by atoms with E-state index in [-0.39, 0.29) is 5.11 Å². The molecule has 0 spiro atoms. The molecule has 0 aliphatic rings. The largest absolute Gasteiger partial charge is 0.376 e. The number of allylic oxidation sites excluding steroid dienone is 1. The molecule has 0 radical (unpaired) electrons.